The zero-order valence-electron chi connectivity index (χ0n) is 19.7. The van der Waals surface area contributed by atoms with Crippen molar-refractivity contribution >= 4 is 45.8 Å². The number of benzene rings is 2. The summed E-state index contributed by atoms with van der Waals surface area (Å²) in [6.45, 7) is 5.63. The van der Waals surface area contributed by atoms with Gasteiger partial charge in [-0.2, -0.15) is 0 Å². The maximum Gasteiger partial charge on any atom is 0.268 e. The molecular formula is C26H26N4O4S. The molecule has 2 aromatic carbocycles. The van der Waals surface area contributed by atoms with Crippen LogP contribution in [0.15, 0.2) is 48.5 Å². The summed E-state index contributed by atoms with van der Waals surface area (Å²) < 4.78 is 7.31. The van der Waals surface area contributed by atoms with E-state index in [9.17, 15) is 14.7 Å². The van der Waals surface area contributed by atoms with Crippen LogP contribution >= 0.6 is 11.3 Å². The second-order valence-corrected chi connectivity index (χ2v) is 10.3. The third kappa shape index (κ3) is 4.78. The molecule has 2 aromatic heterocycles. The molecule has 0 fully saturated rings. The van der Waals surface area contributed by atoms with Crippen LogP contribution in [0.5, 0.6) is 5.75 Å². The quantitative estimate of drug-likeness (QED) is 0.364. The molecule has 9 heteroatoms. The van der Waals surface area contributed by atoms with Gasteiger partial charge in [0.25, 0.3) is 11.8 Å². The van der Waals surface area contributed by atoms with E-state index >= 15 is 0 Å². The van der Waals surface area contributed by atoms with Crippen LogP contribution in [0, 0.1) is 0 Å². The molecule has 1 aliphatic rings. The van der Waals surface area contributed by atoms with Crippen LogP contribution in [0.2, 0.25) is 0 Å². The van der Waals surface area contributed by atoms with E-state index in [1.54, 1.807) is 36.6 Å². The van der Waals surface area contributed by atoms with Gasteiger partial charge in [-0.1, -0.05) is 31.2 Å². The normalized spacial score (nSPS) is 13.3. The summed E-state index contributed by atoms with van der Waals surface area (Å²) >= 11 is 1.41. The predicted octanol–water partition coefficient (Wildman–Crippen LogP) is 4.68. The lowest BCUT2D eigenvalue weighted by molar-refractivity contribution is -0.118. The molecule has 3 N–H and O–H groups in total. The molecule has 0 radical (unpaired) electrons. The average Bonchev–Trinajstić information content (AvgIpc) is 3.42. The van der Waals surface area contributed by atoms with Crippen LogP contribution in [0.4, 0.5) is 11.6 Å². The fourth-order valence-corrected chi connectivity index (χ4v) is 4.96. The van der Waals surface area contributed by atoms with E-state index in [4.69, 9.17) is 4.74 Å². The molecule has 0 saturated carbocycles. The van der Waals surface area contributed by atoms with Crippen molar-refractivity contribution in [2.24, 2.45) is 0 Å². The number of carbonyl (C=O) groups is 2. The fourth-order valence-electron chi connectivity index (χ4n) is 4.06. The molecule has 35 heavy (non-hydrogen) atoms. The molecule has 8 nitrogen and oxygen atoms in total. The number of nitrogens with one attached hydrogen (secondary N) is 2. The maximum atomic E-state index is 13.2. The van der Waals surface area contributed by atoms with Crippen molar-refractivity contribution in [2.45, 2.75) is 39.3 Å². The molecule has 0 aliphatic carbocycles. The van der Waals surface area contributed by atoms with Crippen molar-refractivity contribution in [3.8, 4) is 16.2 Å². The minimum atomic E-state index is -1.06. The van der Waals surface area contributed by atoms with Gasteiger partial charge in [0.15, 0.2) is 6.61 Å². The summed E-state index contributed by atoms with van der Waals surface area (Å²) in [6, 6.07) is 15.5. The summed E-state index contributed by atoms with van der Waals surface area (Å²) in [5.41, 5.74) is 3.04. The molecule has 0 unspecified atom stereocenters. The molecule has 4 aromatic rings. The Bertz CT molecular complexity index is 1450. The van der Waals surface area contributed by atoms with Gasteiger partial charge in [-0.25, -0.2) is 4.98 Å². The molecular weight excluding hydrogens is 464 g/mol. The highest BCUT2D eigenvalue weighted by molar-refractivity contribution is 7.17. The van der Waals surface area contributed by atoms with Crippen molar-refractivity contribution in [2.75, 3.05) is 17.2 Å². The summed E-state index contributed by atoms with van der Waals surface area (Å²) in [7, 11) is 0. The number of ether oxygens (including phenoxy) is 1. The highest BCUT2D eigenvalue weighted by Gasteiger charge is 2.24. The number of amides is 2. The number of fused-ring (bicyclic) bond motifs is 2. The zero-order valence-corrected chi connectivity index (χ0v) is 20.5. The van der Waals surface area contributed by atoms with E-state index in [1.807, 2.05) is 18.2 Å². The Hall–Kier alpha value is -3.69. The van der Waals surface area contributed by atoms with Gasteiger partial charge in [-0.05, 0) is 49.6 Å². The van der Waals surface area contributed by atoms with Gasteiger partial charge in [0, 0.05) is 10.9 Å². The van der Waals surface area contributed by atoms with Crippen molar-refractivity contribution in [1.82, 2.24) is 9.55 Å². The number of carbonyl (C=O) groups excluding carboxylic acids is 2. The van der Waals surface area contributed by atoms with E-state index in [0.29, 0.717) is 33.3 Å². The average molecular weight is 491 g/mol. The summed E-state index contributed by atoms with van der Waals surface area (Å²) in [4.78, 5) is 31.1. The molecule has 0 spiro atoms. The van der Waals surface area contributed by atoms with Crippen molar-refractivity contribution in [3.63, 3.8) is 0 Å². The number of anilines is 2. The number of aryl methyl sites for hydroxylation is 1. The molecule has 1 aliphatic heterocycles. The van der Waals surface area contributed by atoms with Crippen molar-refractivity contribution in [1.29, 1.82) is 0 Å². The predicted molar refractivity (Wildman–Crippen MR) is 137 cm³/mol. The van der Waals surface area contributed by atoms with Crippen LogP contribution in [0.3, 0.4) is 0 Å². The molecule has 3 heterocycles. The Morgan fingerprint density at radius 1 is 1.26 bits per heavy atom. The molecule has 0 bridgehead atoms. The number of hydrogen-bond acceptors (Lipinski definition) is 6. The largest absolute Gasteiger partial charge is 0.482 e. The lowest BCUT2D eigenvalue weighted by atomic mass is 10.1. The van der Waals surface area contributed by atoms with Crippen LogP contribution in [0.1, 0.15) is 36.0 Å². The highest BCUT2D eigenvalue weighted by atomic mass is 32.1. The monoisotopic (exact) mass is 490 g/mol. The zero-order chi connectivity index (χ0) is 24.7. The van der Waals surface area contributed by atoms with Crippen molar-refractivity contribution in [3.05, 3.63) is 59.0 Å². The second-order valence-electron chi connectivity index (χ2n) is 9.18. The number of rotatable bonds is 6. The van der Waals surface area contributed by atoms with E-state index in [2.05, 4.69) is 34.7 Å². The summed E-state index contributed by atoms with van der Waals surface area (Å²) in [6.07, 6.45) is 0.947. The Balaban J connectivity index is 1.48. The Kier molecular flexibility index (Phi) is 5.82. The van der Waals surface area contributed by atoms with Gasteiger partial charge >= 0.3 is 0 Å². The lowest BCUT2D eigenvalue weighted by Crippen LogP contribution is -2.28. The smallest absolute Gasteiger partial charge is 0.268 e. The number of aliphatic hydroxyl groups is 1. The van der Waals surface area contributed by atoms with Crippen LogP contribution < -0.4 is 15.4 Å². The molecule has 5 rings (SSSR count). The van der Waals surface area contributed by atoms with Gasteiger partial charge in [-0.15, -0.1) is 11.3 Å². The van der Waals surface area contributed by atoms with E-state index in [-0.39, 0.29) is 25.0 Å². The van der Waals surface area contributed by atoms with Gasteiger partial charge in [0.1, 0.15) is 5.75 Å². The number of hydrogen-bond donors (Lipinski definition) is 3. The van der Waals surface area contributed by atoms with Crippen LogP contribution in [-0.4, -0.2) is 38.7 Å². The van der Waals surface area contributed by atoms with Gasteiger partial charge in [0.05, 0.1) is 33.7 Å². The number of nitrogens with zero attached hydrogens (tertiary/aromatic N) is 2. The first-order valence-corrected chi connectivity index (χ1v) is 12.2. The Morgan fingerprint density at radius 3 is 2.86 bits per heavy atom. The van der Waals surface area contributed by atoms with Gasteiger partial charge in [0.2, 0.25) is 5.95 Å². The topological polar surface area (TPSA) is 105 Å². The number of imidazole rings is 1. The molecule has 2 amide bonds. The molecule has 0 saturated heterocycles. The van der Waals surface area contributed by atoms with Crippen LogP contribution in [-0.2, 0) is 17.8 Å². The highest BCUT2D eigenvalue weighted by Crippen LogP contribution is 2.35. The number of thiophene rings is 1. The molecule has 0 atom stereocenters. The van der Waals surface area contributed by atoms with Crippen LogP contribution in [0.25, 0.3) is 21.5 Å². The molecule has 180 valence electrons. The SMILES string of the molecule is CCc1cccc(-c2ccc(C(=O)Nc3nc4cc5c(cc4n3CC(C)(C)O)OCC(=O)N5)s2)c1. The Morgan fingerprint density at radius 2 is 2.09 bits per heavy atom. The first-order chi connectivity index (χ1) is 16.7. The minimum absolute atomic E-state index is 0.0659. The van der Waals surface area contributed by atoms with E-state index < -0.39 is 5.60 Å². The summed E-state index contributed by atoms with van der Waals surface area (Å²) in [5.74, 6) is 0.307. The third-order valence-electron chi connectivity index (χ3n) is 5.70. The summed E-state index contributed by atoms with van der Waals surface area (Å²) in [5, 5.41) is 16.2. The fraction of sp³-hybridized carbons (Fsp3) is 0.269. The minimum Gasteiger partial charge on any atom is -0.482 e. The first-order valence-electron chi connectivity index (χ1n) is 11.4. The maximum absolute atomic E-state index is 13.2. The van der Waals surface area contributed by atoms with Crippen molar-refractivity contribution < 1.29 is 19.4 Å². The standard InChI is InChI=1S/C26H26N4O4S/c1-4-15-6-5-7-16(10-15)21-8-9-22(35-21)24(32)29-25-28-17-11-18-20(34-13-23(31)27-18)12-19(17)30(25)14-26(2,3)33/h5-12,33H,4,13-14H2,1-3H3,(H,27,31)(H,28,29,32). The van der Waals surface area contributed by atoms with Gasteiger partial charge < -0.3 is 19.7 Å². The van der Waals surface area contributed by atoms with Gasteiger partial charge in [-0.3, -0.25) is 14.9 Å². The van der Waals surface area contributed by atoms with E-state index in [1.165, 1.54) is 16.9 Å². The Labute approximate surface area is 206 Å². The first kappa shape index (κ1) is 23.1. The third-order valence-corrected chi connectivity index (χ3v) is 6.84. The second kappa shape index (κ2) is 8.83. The number of aromatic nitrogens is 2. The van der Waals surface area contributed by atoms with E-state index in [0.717, 1.165) is 16.9 Å². The lowest BCUT2D eigenvalue weighted by Gasteiger charge is -2.21.